The van der Waals surface area contributed by atoms with Crippen molar-refractivity contribution in [3.8, 4) is 0 Å². The molecule has 1 N–H and O–H groups in total. The van der Waals surface area contributed by atoms with Crippen LogP contribution in [0.2, 0.25) is 0 Å². The Balaban J connectivity index is 2.09. The van der Waals surface area contributed by atoms with E-state index in [9.17, 15) is 0 Å². The van der Waals surface area contributed by atoms with Gasteiger partial charge in [0, 0.05) is 29.7 Å². The van der Waals surface area contributed by atoms with Crippen molar-refractivity contribution >= 4 is 17.2 Å². The maximum absolute atomic E-state index is 4.79. The Morgan fingerprint density at radius 2 is 2.10 bits per heavy atom. The molecule has 0 amide bonds. The van der Waals surface area contributed by atoms with Gasteiger partial charge in [0.05, 0.1) is 6.54 Å². The summed E-state index contributed by atoms with van der Waals surface area (Å²) in [4.78, 5) is 8.49. The second-order valence-corrected chi connectivity index (χ2v) is 6.58. The number of aryl methyl sites for hydroxylation is 1. The molecule has 0 unspecified atom stereocenters. The molecule has 2 aromatic rings. The molecule has 2 heterocycles. The zero-order chi connectivity index (χ0) is 15.2. The summed E-state index contributed by atoms with van der Waals surface area (Å²) in [6, 6.07) is 9.12. The summed E-state index contributed by atoms with van der Waals surface area (Å²) in [5.74, 6) is 1.07. The van der Waals surface area contributed by atoms with Gasteiger partial charge in [-0.15, -0.1) is 11.3 Å². The first-order chi connectivity index (χ1) is 10.1. The number of thiophene rings is 1. The number of hydrogen-bond donors (Lipinski definition) is 1. The van der Waals surface area contributed by atoms with Crippen molar-refractivity contribution < 1.29 is 0 Å². The zero-order valence-electron chi connectivity index (χ0n) is 13.4. The fourth-order valence-electron chi connectivity index (χ4n) is 2.20. The maximum Gasteiger partial charge on any atom is 0.129 e. The molecule has 0 aliphatic rings. The predicted octanol–water partition coefficient (Wildman–Crippen LogP) is 3.98. The van der Waals surface area contributed by atoms with Gasteiger partial charge < -0.3 is 10.2 Å². The molecule has 2 aromatic heterocycles. The molecule has 0 aliphatic carbocycles. The monoisotopic (exact) mass is 303 g/mol. The molecular formula is C17H25N3S. The molecule has 0 saturated heterocycles. The van der Waals surface area contributed by atoms with E-state index in [1.807, 2.05) is 0 Å². The lowest BCUT2D eigenvalue weighted by molar-refractivity contribution is 0.586. The number of nitrogens with zero attached hydrogens (tertiary/aromatic N) is 2. The molecule has 0 aromatic carbocycles. The Kier molecular flexibility index (Phi) is 5.76. The average Bonchev–Trinajstić information content (AvgIpc) is 2.96. The van der Waals surface area contributed by atoms with Gasteiger partial charge in [-0.05, 0) is 36.9 Å². The molecule has 0 spiro atoms. The van der Waals surface area contributed by atoms with E-state index in [0.717, 1.165) is 31.1 Å². The van der Waals surface area contributed by atoms with Crippen molar-refractivity contribution in [1.29, 1.82) is 0 Å². The van der Waals surface area contributed by atoms with Crippen LogP contribution in [0, 0.1) is 6.92 Å². The van der Waals surface area contributed by atoms with Gasteiger partial charge in [-0.2, -0.15) is 0 Å². The van der Waals surface area contributed by atoms with Gasteiger partial charge in [0.15, 0.2) is 0 Å². The van der Waals surface area contributed by atoms with E-state index >= 15 is 0 Å². The molecule has 114 valence electrons. The first-order valence-corrected chi connectivity index (χ1v) is 8.45. The van der Waals surface area contributed by atoms with Gasteiger partial charge in [0.25, 0.3) is 0 Å². The fraction of sp³-hybridized carbons (Fsp3) is 0.471. The SMILES string of the molecule is CCN(Cc1cccs1)c1ccc(CNC(C)C)c(C)n1. The molecule has 0 saturated carbocycles. The highest BCUT2D eigenvalue weighted by molar-refractivity contribution is 7.09. The molecule has 3 nitrogen and oxygen atoms in total. The van der Waals surface area contributed by atoms with Crippen LogP contribution in [0.3, 0.4) is 0 Å². The van der Waals surface area contributed by atoms with Crippen LogP contribution in [-0.2, 0) is 13.1 Å². The van der Waals surface area contributed by atoms with E-state index < -0.39 is 0 Å². The number of rotatable bonds is 7. The van der Waals surface area contributed by atoms with E-state index in [-0.39, 0.29) is 0 Å². The highest BCUT2D eigenvalue weighted by Gasteiger charge is 2.09. The van der Waals surface area contributed by atoms with Gasteiger partial charge in [0.2, 0.25) is 0 Å². The number of hydrogen-bond acceptors (Lipinski definition) is 4. The predicted molar refractivity (Wildman–Crippen MR) is 92.0 cm³/mol. The van der Waals surface area contributed by atoms with Crippen LogP contribution < -0.4 is 10.2 Å². The zero-order valence-corrected chi connectivity index (χ0v) is 14.2. The summed E-state index contributed by atoms with van der Waals surface area (Å²) in [5, 5.41) is 5.58. The summed E-state index contributed by atoms with van der Waals surface area (Å²) >= 11 is 1.80. The number of aromatic nitrogens is 1. The van der Waals surface area contributed by atoms with E-state index in [1.54, 1.807) is 11.3 Å². The van der Waals surface area contributed by atoms with Crippen molar-refractivity contribution in [2.75, 3.05) is 11.4 Å². The van der Waals surface area contributed by atoms with Gasteiger partial charge in [-0.1, -0.05) is 26.0 Å². The maximum atomic E-state index is 4.79. The van der Waals surface area contributed by atoms with Gasteiger partial charge in [-0.3, -0.25) is 0 Å². The molecular weight excluding hydrogens is 278 g/mol. The lowest BCUT2D eigenvalue weighted by Crippen LogP contribution is -2.24. The number of pyridine rings is 1. The Morgan fingerprint density at radius 3 is 2.67 bits per heavy atom. The lowest BCUT2D eigenvalue weighted by atomic mass is 10.2. The summed E-state index contributed by atoms with van der Waals surface area (Å²) in [5.41, 5.74) is 2.39. The van der Waals surface area contributed by atoms with Crippen molar-refractivity contribution in [2.24, 2.45) is 0 Å². The molecule has 2 rings (SSSR count). The highest BCUT2D eigenvalue weighted by atomic mass is 32.1. The molecule has 21 heavy (non-hydrogen) atoms. The van der Waals surface area contributed by atoms with Crippen LogP contribution >= 0.6 is 11.3 Å². The van der Waals surface area contributed by atoms with Gasteiger partial charge in [0.1, 0.15) is 5.82 Å². The number of nitrogens with one attached hydrogen (secondary N) is 1. The summed E-state index contributed by atoms with van der Waals surface area (Å²) < 4.78 is 0. The van der Waals surface area contributed by atoms with E-state index in [2.05, 4.69) is 67.6 Å². The van der Waals surface area contributed by atoms with Crippen molar-refractivity contribution in [3.05, 3.63) is 45.8 Å². The van der Waals surface area contributed by atoms with Crippen molar-refractivity contribution in [2.45, 2.75) is 46.8 Å². The third-order valence-electron chi connectivity index (χ3n) is 3.51. The summed E-state index contributed by atoms with van der Waals surface area (Å²) in [6.45, 7) is 11.4. The third-order valence-corrected chi connectivity index (χ3v) is 4.37. The summed E-state index contributed by atoms with van der Waals surface area (Å²) in [7, 11) is 0. The van der Waals surface area contributed by atoms with Gasteiger partial charge in [-0.25, -0.2) is 4.98 Å². The van der Waals surface area contributed by atoms with Crippen LogP contribution in [0.15, 0.2) is 29.6 Å². The average molecular weight is 303 g/mol. The molecule has 0 bridgehead atoms. The highest BCUT2D eigenvalue weighted by Crippen LogP contribution is 2.19. The minimum absolute atomic E-state index is 0.495. The Labute approximate surface area is 132 Å². The second kappa shape index (κ2) is 7.57. The normalized spacial score (nSPS) is 11.1. The fourth-order valence-corrected chi connectivity index (χ4v) is 2.92. The van der Waals surface area contributed by atoms with Crippen LogP contribution in [-0.4, -0.2) is 17.6 Å². The van der Waals surface area contributed by atoms with Crippen LogP contribution in [0.4, 0.5) is 5.82 Å². The minimum atomic E-state index is 0.495. The van der Waals surface area contributed by atoms with Crippen LogP contribution in [0.1, 0.15) is 36.9 Å². The quantitative estimate of drug-likeness (QED) is 0.838. The standard InChI is InChI=1S/C17H25N3S/c1-5-20(12-16-7-6-10-21-16)17-9-8-15(14(4)19-17)11-18-13(2)3/h6-10,13,18H,5,11-12H2,1-4H3. The van der Waals surface area contributed by atoms with Gasteiger partial charge >= 0.3 is 0 Å². The third kappa shape index (κ3) is 4.55. The van der Waals surface area contributed by atoms with Crippen molar-refractivity contribution in [3.63, 3.8) is 0 Å². The minimum Gasteiger partial charge on any atom is -0.352 e. The van der Waals surface area contributed by atoms with Crippen LogP contribution in [0.5, 0.6) is 0 Å². The largest absolute Gasteiger partial charge is 0.352 e. The number of anilines is 1. The lowest BCUT2D eigenvalue weighted by Gasteiger charge is -2.22. The first kappa shape index (κ1) is 16.0. The molecule has 0 radical (unpaired) electrons. The molecule has 0 atom stereocenters. The van der Waals surface area contributed by atoms with E-state index in [1.165, 1.54) is 10.4 Å². The molecule has 0 fully saturated rings. The Morgan fingerprint density at radius 1 is 1.29 bits per heavy atom. The molecule has 4 heteroatoms. The first-order valence-electron chi connectivity index (χ1n) is 7.57. The topological polar surface area (TPSA) is 28.2 Å². The molecule has 0 aliphatic heterocycles. The summed E-state index contributed by atoms with van der Waals surface area (Å²) in [6.07, 6.45) is 0. The van der Waals surface area contributed by atoms with Crippen LogP contribution in [0.25, 0.3) is 0 Å². The second-order valence-electron chi connectivity index (χ2n) is 5.54. The van der Waals surface area contributed by atoms with Crippen molar-refractivity contribution in [1.82, 2.24) is 10.3 Å². The van der Waals surface area contributed by atoms with E-state index in [0.29, 0.717) is 6.04 Å². The smallest absolute Gasteiger partial charge is 0.129 e. The Bertz CT molecular complexity index is 549. The van der Waals surface area contributed by atoms with E-state index in [4.69, 9.17) is 4.98 Å². The Hall–Kier alpha value is -1.39.